The number of nitrogens with one attached hydrogen (secondary N) is 1. The van der Waals surface area contributed by atoms with Gasteiger partial charge in [-0.25, -0.2) is 0 Å². The third kappa shape index (κ3) is 3.74. The van der Waals surface area contributed by atoms with Crippen LogP contribution in [0.5, 0.6) is 0 Å². The predicted octanol–water partition coefficient (Wildman–Crippen LogP) is 2.08. The second-order valence-corrected chi connectivity index (χ2v) is 6.13. The average Bonchev–Trinajstić information content (AvgIpc) is 3.20. The first-order valence-corrected chi connectivity index (χ1v) is 7.63. The van der Waals surface area contributed by atoms with Crippen LogP contribution in [0.1, 0.15) is 35.4 Å². The summed E-state index contributed by atoms with van der Waals surface area (Å²) in [6.07, 6.45) is 1.56. The summed E-state index contributed by atoms with van der Waals surface area (Å²) in [5.41, 5.74) is 9.61. The van der Waals surface area contributed by atoms with Crippen LogP contribution in [0.2, 0.25) is 0 Å². The van der Waals surface area contributed by atoms with Gasteiger partial charge in [0.2, 0.25) is 5.91 Å². The molecular formula is C17H23ClN4O. The van der Waals surface area contributed by atoms with Crippen LogP contribution in [-0.4, -0.2) is 21.2 Å². The number of carbonyl (C=O) groups excluding carboxylic acids is 1. The maximum absolute atomic E-state index is 12.0. The monoisotopic (exact) mass is 334 g/mol. The van der Waals surface area contributed by atoms with Gasteiger partial charge in [0.15, 0.2) is 0 Å². The van der Waals surface area contributed by atoms with E-state index < -0.39 is 5.54 Å². The molecule has 5 nitrogen and oxygen atoms in total. The number of aryl methyl sites for hydroxylation is 1. The molecule has 0 unspecified atom stereocenters. The van der Waals surface area contributed by atoms with Gasteiger partial charge in [0.25, 0.3) is 0 Å². The van der Waals surface area contributed by atoms with E-state index >= 15 is 0 Å². The number of carbonyl (C=O) groups is 1. The lowest BCUT2D eigenvalue weighted by Crippen LogP contribution is -2.42. The molecule has 0 atom stereocenters. The highest BCUT2D eigenvalue weighted by Gasteiger charge is 2.45. The lowest BCUT2D eigenvalue weighted by molar-refractivity contribution is -0.123. The van der Waals surface area contributed by atoms with Gasteiger partial charge in [-0.15, -0.1) is 12.4 Å². The first-order valence-electron chi connectivity index (χ1n) is 7.63. The lowest BCUT2D eigenvalue weighted by Gasteiger charge is -2.10. The van der Waals surface area contributed by atoms with Crippen LogP contribution in [0.4, 0.5) is 0 Å². The van der Waals surface area contributed by atoms with Crippen LogP contribution in [0.15, 0.2) is 30.3 Å². The molecule has 1 aliphatic carbocycles. The molecule has 0 bridgehead atoms. The molecule has 1 fully saturated rings. The Morgan fingerprint density at radius 3 is 2.57 bits per heavy atom. The van der Waals surface area contributed by atoms with Crippen LogP contribution in [0.3, 0.4) is 0 Å². The zero-order valence-corrected chi connectivity index (χ0v) is 14.3. The van der Waals surface area contributed by atoms with Crippen LogP contribution in [0, 0.1) is 13.8 Å². The van der Waals surface area contributed by atoms with Gasteiger partial charge in [-0.3, -0.25) is 9.48 Å². The van der Waals surface area contributed by atoms with E-state index in [0.717, 1.165) is 36.3 Å². The van der Waals surface area contributed by atoms with Crippen molar-refractivity contribution in [3.8, 4) is 0 Å². The summed E-state index contributed by atoms with van der Waals surface area (Å²) in [6.45, 7) is 5.25. The van der Waals surface area contributed by atoms with Crippen molar-refractivity contribution in [1.82, 2.24) is 15.1 Å². The Hall–Kier alpha value is -1.85. The highest BCUT2D eigenvalue weighted by molar-refractivity contribution is 5.88. The number of hydrogen-bond acceptors (Lipinski definition) is 3. The van der Waals surface area contributed by atoms with E-state index in [2.05, 4.69) is 22.5 Å². The number of hydrogen-bond donors (Lipinski definition) is 2. The number of rotatable bonds is 5. The molecule has 0 radical (unpaired) electrons. The van der Waals surface area contributed by atoms with Crippen LogP contribution in [-0.2, 0) is 17.9 Å². The number of nitrogens with two attached hydrogens (primary N) is 1. The van der Waals surface area contributed by atoms with Gasteiger partial charge in [0, 0.05) is 17.8 Å². The van der Waals surface area contributed by atoms with Crippen LogP contribution < -0.4 is 11.1 Å². The first kappa shape index (κ1) is 17.5. The van der Waals surface area contributed by atoms with E-state index in [0.29, 0.717) is 6.54 Å². The third-order valence-electron chi connectivity index (χ3n) is 4.37. The number of amides is 1. The summed E-state index contributed by atoms with van der Waals surface area (Å²) in [6, 6.07) is 10.2. The molecule has 1 aliphatic rings. The maximum atomic E-state index is 12.0. The fraction of sp³-hybridized carbons (Fsp3) is 0.412. The second kappa shape index (κ2) is 6.72. The van der Waals surface area contributed by atoms with Crippen molar-refractivity contribution in [3.63, 3.8) is 0 Å². The van der Waals surface area contributed by atoms with Crippen molar-refractivity contribution in [2.24, 2.45) is 5.73 Å². The summed E-state index contributed by atoms with van der Waals surface area (Å²) in [5, 5.41) is 7.54. The van der Waals surface area contributed by atoms with Gasteiger partial charge in [-0.05, 0) is 32.3 Å². The van der Waals surface area contributed by atoms with Crippen molar-refractivity contribution in [2.45, 2.75) is 45.3 Å². The Labute approximate surface area is 142 Å². The number of aromatic nitrogens is 2. The van der Waals surface area contributed by atoms with Crippen molar-refractivity contribution >= 4 is 18.3 Å². The quantitative estimate of drug-likeness (QED) is 0.879. The smallest absolute Gasteiger partial charge is 0.240 e. The van der Waals surface area contributed by atoms with Gasteiger partial charge >= 0.3 is 0 Å². The molecule has 1 aromatic carbocycles. The van der Waals surface area contributed by atoms with Crippen molar-refractivity contribution in [1.29, 1.82) is 0 Å². The largest absolute Gasteiger partial charge is 0.350 e. The van der Waals surface area contributed by atoms with Gasteiger partial charge < -0.3 is 11.1 Å². The molecule has 1 amide bonds. The van der Waals surface area contributed by atoms with Crippen LogP contribution in [0.25, 0.3) is 0 Å². The third-order valence-corrected chi connectivity index (χ3v) is 4.37. The summed E-state index contributed by atoms with van der Waals surface area (Å²) in [5.74, 6) is -0.0536. The molecule has 124 valence electrons. The highest BCUT2D eigenvalue weighted by Crippen LogP contribution is 2.32. The van der Waals surface area contributed by atoms with Crippen molar-refractivity contribution in [3.05, 3.63) is 52.8 Å². The predicted molar refractivity (Wildman–Crippen MR) is 92.5 cm³/mol. The molecule has 1 aromatic heterocycles. The summed E-state index contributed by atoms with van der Waals surface area (Å²) >= 11 is 0. The molecule has 0 saturated heterocycles. The van der Waals surface area contributed by atoms with E-state index in [4.69, 9.17) is 5.73 Å². The Bertz CT molecular complexity index is 692. The first-order chi connectivity index (χ1) is 10.5. The maximum Gasteiger partial charge on any atom is 0.240 e. The summed E-state index contributed by atoms with van der Waals surface area (Å²) < 4.78 is 1.99. The highest BCUT2D eigenvalue weighted by atomic mass is 35.5. The minimum Gasteiger partial charge on any atom is -0.350 e. The Morgan fingerprint density at radius 2 is 1.96 bits per heavy atom. The normalized spacial score (nSPS) is 14.9. The summed E-state index contributed by atoms with van der Waals surface area (Å²) in [7, 11) is 0. The second-order valence-electron chi connectivity index (χ2n) is 6.13. The topological polar surface area (TPSA) is 72.9 Å². The van der Waals surface area contributed by atoms with Gasteiger partial charge in [0.05, 0.1) is 17.8 Å². The van der Waals surface area contributed by atoms with Crippen LogP contribution >= 0.6 is 12.4 Å². The zero-order valence-electron chi connectivity index (χ0n) is 13.5. The van der Waals surface area contributed by atoms with E-state index in [1.54, 1.807) is 0 Å². The number of benzene rings is 1. The molecule has 0 aliphatic heterocycles. The molecule has 2 aromatic rings. The molecule has 6 heteroatoms. The molecule has 1 heterocycles. The zero-order chi connectivity index (χ0) is 15.7. The SMILES string of the molecule is Cc1nn(Cc2ccccc2)c(C)c1CNC(=O)C1(N)CC1.Cl. The molecule has 23 heavy (non-hydrogen) atoms. The number of halogens is 1. The fourth-order valence-electron chi connectivity index (χ4n) is 2.61. The summed E-state index contributed by atoms with van der Waals surface area (Å²) in [4.78, 5) is 12.0. The Morgan fingerprint density at radius 1 is 1.30 bits per heavy atom. The average molecular weight is 335 g/mol. The molecule has 0 spiro atoms. The molecule has 1 saturated carbocycles. The standard InChI is InChI=1S/C17H22N4O.ClH/c1-12-15(10-19-16(22)17(18)8-9-17)13(2)21(20-12)11-14-6-4-3-5-7-14;/h3-7H,8-11,18H2,1-2H3,(H,19,22);1H. The van der Waals surface area contributed by atoms with E-state index in [1.807, 2.05) is 36.7 Å². The molecular weight excluding hydrogens is 312 g/mol. The van der Waals surface area contributed by atoms with Gasteiger partial charge in [-0.2, -0.15) is 5.10 Å². The Kier molecular flexibility index (Phi) is 5.12. The molecule has 3 N–H and O–H groups in total. The number of nitrogens with zero attached hydrogens (tertiary/aromatic N) is 2. The van der Waals surface area contributed by atoms with Gasteiger partial charge in [-0.1, -0.05) is 30.3 Å². The van der Waals surface area contributed by atoms with E-state index in [-0.39, 0.29) is 18.3 Å². The van der Waals surface area contributed by atoms with E-state index in [9.17, 15) is 4.79 Å². The molecule has 3 rings (SSSR count). The Balaban J connectivity index is 0.00000192. The minimum absolute atomic E-state index is 0. The fourth-order valence-corrected chi connectivity index (χ4v) is 2.61. The van der Waals surface area contributed by atoms with Crippen molar-refractivity contribution in [2.75, 3.05) is 0 Å². The van der Waals surface area contributed by atoms with Gasteiger partial charge in [0.1, 0.15) is 0 Å². The minimum atomic E-state index is -0.623. The van der Waals surface area contributed by atoms with E-state index in [1.165, 1.54) is 5.56 Å². The lowest BCUT2D eigenvalue weighted by atomic mass is 10.1. The van der Waals surface area contributed by atoms with Crippen molar-refractivity contribution < 1.29 is 4.79 Å².